The van der Waals surface area contributed by atoms with Crippen molar-refractivity contribution in [2.45, 2.75) is 0 Å². The maximum absolute atomic E-state index is 13.4. The molecule has 0 aliphatic rings. The zero-order valence-electron chi connectivity index (χ0n) is 15.1. The molecule has 6 nitrogen and oxygen atoms in total. The average Bonchev–Trinajstić information content (AvgIpc) is 3.04. The highest BCUT2D eigenvalue weighted by atomic mass is 35.5. The number of guanidine groups is 1. The summed E-state index contributed by atoms with van der Waals surface area (Å²) in [4.78, 5) is 13.4. The number of benzene rings is 3. The number of hydrogen-bond acceptors (Lipinski definition) is 3. The first-order chi connectivity index (χ1) is 13.5. The Balaban J connectivity index is 0.00000240. The molecule has 0 atom stereocenters. The molecule has 0 aliphatic heterocycles. The largest absolute Gasteiger partial charge is 0.369 e. The summed E-state index contributed by atoms with van der Waals surface area (Å²) in [6, 6.07) is 18.8. The summed E-state index contributed by atoms with van der Waals surface area (Å²) in [6.07, 6.45) is 3.21. The molecule has 0 unspecified atom stereocenters. The van der Waals surface area contributed by atoms with Gasteiger partial charge in [-0.25, -0.2) is 5.43 Å². The fraction of sp³-hybridized carbons (Fsp3) is 0. The van der Waals surface area contributed by atoms with Crippen molar-refractivity contribution in [3.63, 3.8) is 0 Å². The van der Waals surface area contributed by atoms with Gasteiger partial charge in [-0.15, -0.1) is 12.4 Å². The van der Waals surface area contributed by atoms with Crippen LogP contribution in [0, 0.1) is 5.41 Å². The summed E-state index contributed by atoms with van der Waals surface area (Å²) < 4.78 is 1.59. The van der Waals surface area contributed by atoms with Crippen LogP contribution in [0.3, 0.4) is 0 Å². The maximum Gasteiger partial charge on any atom is 0.263 e. The topological polar surface area (TPSA) is 96.3 Å². The molecule has 1 aromatic heterocycles. The predicted molar refractivity (Wildman–Crippen MR) is 121 cm³/mol. The van der Waals surface area contributed by atoms with Gasteiger partial charge in [-0.2, -0.15) is 5.10 Å². The summed E-state index contributed by atoms with van der Waals surface area (Å²) in [5.41, 5.74) is 9.63. The van der Waals surface area contributed by atoms with Gasteiger partial charge in [-0.1, -0.05) is 48.0 Å². The summed E-state index contributed by atoms with van der Waals surface area (Å²) in [7, 11) is 0. The minimum absolute atomic E-state index is 0. The number of hydrogen-bond donors (Lipinski definition) is 3. The quantitative estimate of drug-likeness (QED) is 0.258. The Kier molecular flexibility index (Phi) is 5.87. The number of fused-ring (bicyclic) bond motifs is 2. The molecule has 29 heavy (non-hydrogen) atoms. The van der Waals surface area contributed by atoms with E-state index in [4.69, 9.17) is 22.7 Å². The first kappa shape index (κ1) is 20.4. The van der Waals surface area contributed by atoms with Gasteiger partial charge in [0.15, 0.2) is 0 Å². The highest BCUT2D eigenvalue weighted by Crippen LogP contribution is 2.27. The summed E-state index contributed by atoms with van der Waals surface area (Å²) in [6.45, 7) is 0. The number of nitrogens with two attached hydrogens (primary N) is 1. The molecule has 0 spiro atoms. The second kappa shape index (κ2) is 8.34. The molecule has 146 valence electrons. The van der Waals surface area contributed by atoms with E-state index < -0.39 is 0 Å². The van der Waals surface area contributed by atoms with E-state index in [1.54, 1.807) is 29.0 Å². The van der Waals surface area contributed by atoms with Gasteiger partial charge in [0.1, 0.15) is 0 Å². The van der Waals surface area contributed by atoms with Crippen molar-refractivity contribution in [3.8, 4) is 0 Å². The average molecular weight is 426 g/mol. The number of halogens is 2. The first-order valence-electron chi connectivity index (χ1n) is 8.51. The van der Waals surface area contributed by atoms with Crippen LogP contribution in [0.25, 0.3) is 21.7 Å². The van der Waals surface area contributed by atoms with Gasteiger partial charge >= 0.3 is 0 Å². The van der Waals surface area contributed by atoms with Gasteiger partial charge in [-0.05, 0) is 35.0 Å². The lowest BCUT2D eigenvalue weighted by Crippen LogP contribution is -2.25. The Labute approximate surface area is 177 Å². The highest BCUT2D eigenvalue weighted by Gasteiger charge is 2.17. The summed E-state index contributed by atoms with van der Waals surface area (Å²) in [5.74, 6) is -0.423. The lowest BCUT2D eigenvalue weighted by atomic mass is 10.0. The molecule has 8 heteroatoms. The molecule has 4 rings (SSSR count). The molecule has 0 amide bonds. The predicted octanol–water partition coefficient (Wildman–Crippen LogP) is 4.38. The van der Waals surface area contributed by atoms with Crippen molar-refractivity contribution in [3.05, 3.63) is 83.0 Å². The number of aromatic nitrogens is 1. The van der Waals surface area contributed by atoms with Crippen LogP contribution >= 0.6 is 24.0 Å². The van der Waals surface area contributed by atoms with Crippen molar-refractivity contribution < 1.29 is 4.79 Å². The molecule has 4 aromatic rings. The molecule has 1 heterocycles. The SMILES string of the molecule is Cl.N=C(N)N/N=C/c1cn(C(=O)c2cccc3ccccc23)c2ccc(Cl)cc12. The fourth-order valence-electron chi connectivity index (χ4n) is 3.21. The molecule has 3 aromatic carbocycles. The molecular weight excluding hydrogens is 409 g/mol. The molecular formula is C21H17Cl2N5O. The highest BCUT2D eigenvalue weighted by molar-refractivity contribution is 6.31. The van der Waals surface area contributed by atoms with Gasteiger partial charge in [0.2, 0.25) is 5.96 Å². The van der Waals surface area contributed by atoms with Crippen LogP contribution < -0.4 is 11.2 Å². The van der Waals surface area contributed by atoms with Gasteiger partial charge in [0, 0.05) is 27.7 Å². The molecule has 0 aliphatic carbocycles. The van der Waals surface area contributed by atoms with Crippen LogP contribution in [-0.4, -0.2) is 22.6 Å². The standard InChI is InChI=1S/C21H16ClN5O.ClH/c22-15-8-9-19-18(10-15)14(11-25-26-21(23)24)12-27(19)20(28)17-7-3-5-13-4-1-2-6-16(13)17;/h1-12H,(H4,23,24,26);1H/b25-11+;. The molecule has 0 radical (unpaired) electrons. The van der Waals surface area contributed by atoms with E-state index in [0.29, 0.717) is 21.7 Å². The van der Waals surface area contributed by atoms with E-state index in [-0.39, 0.29) is 24.3 Å². The number of nitrogens with zero attached hydrogens (tertiary/aromatic N) is 2. The molecule has 4 N–H and O–H groups in total. The smallest absolute Gasteiger partial charge is 0.263 e. The number of carbonyl (C=O) groups excluding carboxylic acids is 1. The molecule has 0 fully saturated rings. The zero-order chi connectivity index (χ0) is 19.7. The second-order valence-corrected chi connectivity index (χ2v) is 6.67. The number of hydrazone groups is 1. The lowest BCUT2D eigenvalue weighted by Gasteiger charge is -2.08. The van der Waals surface area contributed by atoms with Crippen molar-refractivity contribution in [2.75, 3.05) is 0 Å². The van der Waals surface area contributed by atoms with Gasteiger partial charge in [0.05, 0.1) is 11.7 Å². The van der Waals surface area contributed by atoms with Crippen molar-refractivity contribution in [1.82, 2.24) is 9.99 Å². The van der Waals surface area contributed by atoms with E-state index >= 15 is 0 Å². The summed E-state index contributed by atoms with van der Waals surface area (Å²) >= 11 is 6.15. The van der Waals surface area contributed by atoms with Crippen molar-refractivity contribution in [2.24, 2.45) is 10.8 Å². The van der Waals surface area contributed by atoms with E-state index in [1.807, 2.05) is 42.5 Å². The van der Waals surface area contributed by atoms with E-state index in [1.165, 1.54) is 6.21 Å². The second-order valence-electron chi connectivity index (χ2n) is 6.23. The third-order valence-electron chi connectivity index (χ3n) is 4.42. The number of nitrogens with one attached hydrogen (secondary N) is 2. The van der Waals surface area contributed by atoms with Gasteiger partial charge in [-0.3, -0.25) is 14.8 Å². The lowest BCUT2D eigenvalue weighted by molar-refractivity contribution is 0.0966. The normalized spacial score (nSPS) is 10.9. The van der Waals surface area contributed by atoms with Crippen LogP contribution in [0.15, 0.2) is 72.0 Å². The van der Waals surface area contributed by atoms with E-state index in [2.05, 4.69) is 10.5 Å². The fourth-order valence-corrected chi connectivity index (χ4v) is 3.38. The van der Waals surface area contributed by atoms with Crippen LogP contribution in [-0.2, 0) is 0 Å². The number of rotatable bonds is 3. The van der Waals surface area contributed by atoms with Crippen LogP contribution in [0.2, 0.25) is 5.02 Å². The molecule has 0 bridgehead atoms. The van der Waals surface area contributed by atoms with Crippen LogP contribution in [0.1, 0.15) is 15.9 Å². The Hall–Kier alpha value is -3.35. The molecule has 0 saturated heterocycles. The third-order valence-corrected chi connectivity index (χ3v) is 4.66. The van der Waals surface area contributed by atoms with Crippen molar-refractivity contribution >= 4 is 63.8 Å². The first-order valence-corrected chi connectivity index (χ1v) is 8.88. The zero-order valence-corrected chi connectivity index (χ0v) is 16.7. The number of carbonyl (C=O) groups is 1. The third kappa shape index (κ3) is 3.94. The van der Waals surface area contributed by atoms with Crippen LogP contribution in [0.4, 0.5) is 0 Å². The minimum atomic E-state index is -0.273. The Bertz CT molecular complexity index is 1260. The van der Waals surface area contributed by atoms with E-state index in [9.17, 15) is 4.79 Å². The monoisotopic (exact) mass is 425 g/mol. The minimum Gasteiger partial charge on any atom is -0.369 e. The van der Waals surface area contributed by atoms with Crippen molar-refractivity contribution in [1.29, 1.82) is 5.41 Å². The van der Waals surface area contributed by atoms with E-state index in [0.717, 1.165) is 16.2 Å². The van der Waals surface area contributed by atoms with Gasteiger partial charge < -0.3 is 5.73 Å². The van der Waals surface area contributed by atoms with Gasteiger partial charge in [0.25, 0.3) is 5.91 Å². The molecule has 0 saturated carbocycles. The Morgan fingerprint density at radius 2 is 1.86 bits per heavy atom. The van der Waals surface area contributed by atoms with Crippen LogP contribution in [0.5, 0.6) is 0 Å². The Morgan fingerprint density at radius 3 is 2.66 bits per heavy atom. The summed E-state index contributed by atoms with van der Waals surface area (Å²) in [5, 5.41) is 14.3. The maximum atomic E-state index is 13.4. The Morgan fingerprint density at radius 1 is 1.10 bits per heavy atom.